The van der Waals surface area contributed by atoms with E-state index in [1.54, 1.807) is 30.3 Å². The van der Waals surface area contributed by atoms with Gasteiger partial charge < -0.3 is 15.5 Å². The smallest absolute Gasteiger partial charge is 0.255 e. The van der Waals surface area contributed by atoms with Crippen molar-refractivity contribution >= 4 is 28.5 Å². The average Bonchev–Trinajstić information content (AvgIpc) is 2.97. The van der Waals surface area contributed by atoms with Crippen molar-refractivity contribution in [1.29, 1.82) is 0 Å². The zero-order valence-corrected chi connectivity index (χ0v) is 17.0. The van der Waals surface area contributed by atoms with Crippen LogP contribution in [0.4, 0.5) is 5.82 Å². The molecule has 0 unspecified atom stereocenters. The number of hydrogen-bond donors (Lipinski definition) is 2. The number of nitrogens with zero attached hydrogens (tertiary/aromatic N) is 3. The van der Waals surface area contributed by atoms with Gasteiger partial charge in [0.2, 0.25) is 5.91 Å². The minimum atomic E-state index is -0.289. The monoisotopic (exact) mass is 403 g/mol. The van der Waals surface area contributed by atoms with Gasteiger partial charge in [0.15, 0.2) is 0 Å². The van der Waals surface area contributed by atoms with Crippen molar-refractivity contribution in [3.05, 3.63) is 66.0 Å². The maximum Gasteiger partial charge on any atom is 0.255 e. The Morgan fingerprint density at radius 3 is 2.87 bits per heavy atom. The van der Waals surface area contributed by atoms with E-state index in [9.17, 15) is 9.59 Å². The molecule has 1 aliphatic heterocycles. The molecule has 30 heavy (non-hydrogen) atoms. The van der Waals surface area contributed by atoms with Gasteiger partial charge in [0, 0.05) is 25.2 Å². The number of amides is 2. The molecule has 3 heterocycles. The molecule has 2 aromatic heterocycles. The maximum atomic E-state index is 12.8. The molecular formula is C23H25N5O2. The summed E-state index contributed by atoms with van der Waals surface area (Å²) in [5, 5.41) is 7.14. The molecule has 1 atom stereocenters. The molecule has 0 radical (unpaired) electrons. The van der Waals surface area contributed by atoms with E-state index in [1.807, 2.05) is 36.4 Å². The predicted molar refractivity (Wildman–Crippen MR) is 116 cm³/mol. The molecule has 7 heteroatoms. The van der Waals surface area contributed by atoms with E-state index in [1.165, 1.54) is 0 Å². The van der Waals surface area contributed by atoms with Gasteiger partial charge in [0.1, 0.15) is 11.9 Å². The lowest BCUT2D eigenvalue weighted by molar-refractivity contribution is -0.121. The Morgan fingerprint density at radius 1 is 1.17 bits per heavy atom. The lowest BCUT2D eigenvalue weighted by Crippen LogP contribution is -2.38. The summed E-state index contributed by atoms with van der Waals surface area (Å²) in [6.07, 6.45) is 4.29. The van der Waals surface area contributed by atoms with Gasteiger partial charge in [-0.15, -0.1) is 0 Å². The fourth-order valence-corrected chi connectivity index (χ4v) is 3.59. The van der Waals surface area contributed by atoms with Gasteiger partial charge in [-0.05, 0) is 43.5 Å². The first-order valence-electron chi connectivity index (χ1n) is 10.2. The van der Waals surface area contributed by atoms with E-state index in [4.69, 9.17) is 0 Å². The van der Waals surface area contributed by atoms with Crippen molar-refractivity contribution in [2.45, 2.75) is 31.8 Å². The molecular weight excluding hydrogens is 378 g/mol. The van der Waals surface area contributed by atoms with Gasteiger partial charge in [-0.1, -0.05) is 24.3 Å². The quantitative estimate of drug-likeness (QED) is 0.684. The molecule has 0 bridgehead atoms. The number of para-hydroxylation sites is 1. The molecule has 154 valence electrons. The number of aromatic nitrogens is 2. The lowest BCUT2D eigenvalue weighted by Gasteiger charge is -2.18. The highest BCUT2D eigenvalue weighted by atomic mass is 16.2. The van der Waals surface area contributed by atoms with Gasteiger partial charge in [0.05, 0.1) is 23.3 Å². The first kappa shape index (κ1) is 19.8. The maximum absolute atomic E-state index is 12.8. The Hall–Kier alpha value is -3.48. The van der Waals surface area contributed by atoms with Crippen LogP contribution in [-0.2, 0) is 11.3 Å². The fraction of sp³-hybridized carbons (Fsp3) is 0.304. The first-order valence-corrected chi connectivity index (χ1v) is 10.2. The highest BCUT2D eigenvalue weighted by molar-refractivity contribution is 5.94. The van der Waals surface area contributed by atoms with Crippen molar-refractivity contribution in [3.8, 4) is 0 Å². The van der Waals surface area contributed by atoms with E-state index in [-0.39, 0.29) is 17.9 Å². The van der Waals surface area contributed by atoms with Crippen molar-refractivity contribution in [2.75, 3.05) is 18.9 Å². The van der Waals surface area contributed by atoms with Crippen molar-refractivity contribution in [2.24, 2.45) is 0 Å². The first-order chi connectivity index (χ1) is 14.6. The van der Waals surface area contributed by atoms with E-state index < -0.39 is 0 Å². The Kier molecular flexibility index (Phi) is 5.88. The van der Waals surface area contributed by atoms with Gasteiger partial charge in [-0.3, -0.25) is 14.6 Å². The molecule has 0 saturated carbocycles. The van der Waals surface area contributed by atoms with E-state index in [0.29, 0.717) is 17.9 Å². The Labute approximate surface area is 175 Å². The second kappa shape index (κ2) is 8.90. The Bertz CT molecular complexity index is 1050. The van der Waals surface area contributed by atoms with Crippen molar-refractivity contribution in [3.63, 3.8) is 0 Å². The van der Waals surface area contributed by atoms with Crippen molar-refractivity contribution < 1.29 is 9.59 Å². The summed E-state index contributed by atoms with van der Waals surface area (Å²) in [7, 11) is 1.75. The number of pyridine rings is 2. The second-order valence-corrected chi connectivity index (χ2v) is 7.57. The molecule has 2 N–H and O–H groups in total. The number of fused-ring (bicyclic) bond motifs is 1. The largest absolute Gasteiger partial charge is 0.358 e. The molecule has 1 aliphatic rings. The van der Waals surface area contributed by atoms with E-state index in [0.717, 1.165) is 42.4 Å². The standard InChI is InChI=1S/C23H25N5O2/c1-28(15-18-11-9-16-6-2-3-7-19(16)26-18)23(30)17-10-12-21(25-14-17)27-20-8-4-5-13-24-22(20)29/h2-3,6-7,9-12,14,20H,4-5,8,13,15H2,1H3,(H,24,29)(H,25,27)/t20-/m0/s1. The number of anilines is 1. The molecule has 2 amide bonds. The van der Waals surface area contributed by atoms with Crippen LogP contribution in [0.3, 0.4) is 0 Å². The topological polar surface area (TPSA) is 87.2 Å². The van der Waals surface area contributed by atoms with Crippen LogP contribution in [-0.4, -0.2) is 46.3 Å². The second-order valence-electron chi connectivity index (χ2n) is 7.57. The average molecular weight is 403 g/mol. The minimum absolute atomic E-state index is 0.00271. The van der Waals surface area contributed by atoms with Crippen molar-refractivity contribution in [1.82, 2.24) is 20.2 Å². The van der Waals surface area contributed by atoms with Crippen LogP contribution in [0.1, 0.15) is 35.3 Å². The zero-order valence-electron chi connectivity index (χ0n) is 17.0. The zero-order chi connectivity index (χ0) is 20.9. The third kappa shape index (κ3) is 4.56. The van der Waals surface area contributed by atoms with Crippen LogP contribution < -0.4 is 10.6 Å². The molecule has 1 saturated heterocycles. The normalized spacial score (nSPS) is 16.6. The number of carbonyl (C=O) groups excluding carboxylic acids is 2. The van der Waals surface area contributed by atoms with Crippen LogP contribution in [0, 0.1) is 0 Å². The summed E-state index contributed by atoms with van der Waals surface area (Å²) in [6, 6.07) is 15.1. The highest BCUT2D eigenvalue weighted by Crippen LogP contribution is 2.15. The molecule has 1 fully saturated rings. The van der Waals surface area contributed by atoms with E-state index in [2.05, 4.69) is 20.6 Å². The van der Waals surface area contributed by atoms with Gasteiger partial charge in [-0.2, -0.15) is 0 Å². The molecule has 3 aromatic rings. The predicted octanol–water partition coefficient (Wildman–Crippen LogP) is 2.98. The Morgan fingerprint density at radius 2 is 2.03 bits per heavy atom. The summed E-state index contributed by atoms with van der Waals surface area (Å²) in [4.78, 5) is 35.4. The van der Waals surface area contributed by atoms with Gasteiger partial charge in [0.25, 0.3) is 5.91 Å². The number of hydrogen-bond acceptors (Lipinski definition) is 5. The number of carbonyl (C=O) groups is 2. The lowest BCUT2D eigenvalue weighted by atomic mass is 10.1. The van der Waals surface area contributed by atoms with Gasteiger partial charge >= 0.3 is 0 Å². The molecule has 0 spiro atoms. The molecule has 4 rings (SSSR count). The molecule has 1 aromatic carbocycles. The summed E-state index contributed by atoms with van der Waals surface area (Å²) < 4.78 is 0. The highest BCUT2D eigenvalue weighted by Gasteiger charge is 2.21. The Balaban J connectivity index is 1.40. The van der Waals surface area contributed by atoms with Crippen LogP contribution >= 0.6 is 0 Å². The van der Waals surface area contributed by atoms with Crippen LogP contribution in [0.25, 0.3) is 10.9 Å². The van der Waals surface area contributed by atoms with Crippen LogP contribution in [0.15, 0.2) is 54.7 Å². The fourth-order valence-electron chi connectivity index (χ4n) is 3.59. The molecule has 7 nitrogen and oxygen atoms in total. The SMILES string of the molecule is CN(Cc1ccc2ccccc2n1)C(=O)c1ccc(N[C@H]2CCCCNC2=O)nc1. The summed E-state index contributed by atoms with van der Waals surface area (Å²) in [6.45, 7) is 1.13. The third-order valence-corrected chi connectivity index (χ3v) is 5.27. The number of rotatable bonds is 5. The summed E-state index contributed by atoms with van der Waals surface area (Å²) in [5.41, 5.74) is 2.24. The van der Waals surface area contributed by atoms with Gasteiger partial charge in [-0.25, -0.2) is 4.98 Å². The van der Waals surface area contributed by atoms with E-state index >= 15 is 0 Å². The number of nitrogens with one attached hydrogen (secondary N) is 2. The minimum Gasteiger partial charge on any atom is -0.358 e. The van der Waals surface area contributed by atoms with Crippen LogP contribution in [0.5, 0.6) is 0 Å². The summed E-state index contributed by atoms with van der Waals surface area (Å²) >= 11 is 0. The number of benzene rings is 1. The molecule has 0 aliphatic carbocycles. The summed E-state index contributed by atoms with van der Waals surface area (Å²) in [5.74, 6) is 0.459. The third-order valence-electron chi connectivity index (χ3n) is 5.27. The van der Waals surface area contributed by atoms with Crippen LogP contribution in [0.2, 0.25) is 0 Å².